The number of aliphatic hydroxyl groups excluding tert-OH is 1. The van der Waals surface area contributed by atoms with Gasteiger partial charge in [0.2, 0.25) is 0 Å². The van der Waals surface area contributed by atoms with Crippen molar-refractivity contribution in [3.8, 4) is 11.5 Å². The molecule has 1 rings (SSSR count). The molecule has 0 heterocycles. The molecule has 1 aromatic rings. The molecule has 0 radical (unpaired) electrons. The minimum absolute atomic E-state index is 0.353. The van der Waals surface area contributed by atoms with Crippen molar-refractivity contribution in [3.05, 3.63) is 24.3 Å². The van der Waals surface area contributed by atoms with E-state index in [1.807, 2.05) is 6.92 Å². The van der Waals surface area contributed by atoms with Gasteiger partial charge in [0.1, 0.15) is 17.6 Å². The van der Waals surface area contributed by atoms with E-state index in [-0.39, 0.29) is 0 Å². The van der Waals surface area contributed by atoms with E-state index in [2.05, 4.69) is 0 Å². The van der Waals surface area contributed by atoms with Gasteiger partial charge in [-0.15, -0.1) is 0 Å². The van der Waals surface area contributed by atoms with Crippen molar-refractivity contribution in [2.75, 3.05) is 26.4 Å². The zero-order chi connectivity index (χ0) is 18.9. The van der Waals surface area contributed by atoms with Crippen molar-refractivity contribution in [2.24, 2.45) is 0 Å². The van der Waals surface area contributed by atoms with Crippen LogP contribution in [-0.2, 0) is 14.3 Å². The van der Waals surface area contributed by atoms with Crippen molar-refractivity contribution in [3.63, 3.8) is 0 Å². The fraction of sp³-hybridized carbons (Fsp3) is 0.467. The number of carbonyl (C=O) groups excluding carboxylic acids is 2. The Bertz CT molecular complexity index is 561. The summed E-state index contributed by atoms with van der Waals surface area (Å²) in [6.45, 7) is 0.378. The third-order valence-electron chi connectivity index (χ3n) is 2.74. The molecule has 1 amide bonds. The van der Waals surface area contributed by atoms with E-state index in [9.17, 15) is 22.8 Å². The summed E-state index contributed by atoms with van der Waals surface area (Å²) < 4.78 is 51.2. The quantitative estimate of drug-likeness (QED) is 0.636. The van der Waals surface area contributed by atoms with Gasteiger partial charge in [-0.25, -0.2) is 4.79 Å². The Hall–Kier alpha value is -2.49. The molecule has 0 spiro atoms. The van der Waals surface area contributed by atoms with Crippen LogP contribution < -0.4 is 14.8 Å². The van der Waals surface area contributed by atoms with Gasteiger partial charge < -0.3 is 24.6 Å². The van der Waals surface area contributed by atoms with Crippen LogP contribution in [0.1, 0.15) is 6.92 Å². The zero-order valence-electron chi connectivity index (χ0n) is 13.3. The van der Waals surface area contributed by atoms with Crippen LogP contribution in [0, 0.1) is 0 Å². The summed E-state index contributed by atoms with van der Waals surface area (Å²) in [5.74, 6) is -2.12. The van der Waals surface area contributed by atoms with Crippen LogP contribution >= 0.6 is 0 Å². The maximum atomic E-state index is 12.0. The molecule has 25 heavy (non-hydrogen) atoms. The van der Waals surface area contributed by atoms with Crippen LogP contribution in [0.25, 0.3) is 0 Å². The summed E-state index contributed by atoms with van der Waals surface area (Å²) >= 11 is 0. The van der Waals surface area contributed by atoms with Crippen molar-refractivity contribution in [1.82, 2.24) is 5.32 Å². The van der Waals surface area contributed by atoms with Gasteiger partial charge in [-0.2, -0.15) is 13.2 Å². The second-order valence-electron chi connectivity index (χ2n) is 4.70. The van der Waals surface area contributed by atoms with Crippen LogP contribution in [0.2, 0.25) is 0 Å². The highest BCUT2D eigenvalue weighted by molar-refractivity contribution is 5.81. The first kappa shape index (κ1) is 20.6. The lowest BCUT2D eigenvalue weighted by Crippen LogP contribution is -2.43. The number of hydrogen-bond donors (Lipinski definition) is 2. The van der Waals surface area contributed by atoms with E-state index in [0.29, 0.717) is 18.1 Å². The van der Waals surface area contributed by atoms with E-state index < -0.39 is 43.9 Å². The largest absolute Gasteiger partial charge is 0.494 e. The van der Waals surface area contributed by atoms with Gasteiger partial charge in [-0.3, -0.25) is 4.79 Å². The van der Waals surface area contributed by atoms with Crippen molar-refractivity contribution in [2.45, 2.75) is 19.2 Å². The van der Waals surface area contributed by atoms with Gasteiger partial charge in [0.25, 0.3) is 0 Å². The van der Waals surface area contributed by atoms with E-state index >= 15 is 0 Å². The number of rotatable bonds is 9. The number of carbonyl (C=O) groups is 2. The number of nitrogens with one attached hydrogen (secondary N) is 1. The molecule has 0 fully saturated rings. The molecular formula is C15H18F3NO6. The van der Waals surface area contributed by atoms with Gasteiger partial charge in [0.05, 0.1) is 19.8 Å². The monoisotopic (exact) mass is 365 g/mol. The Morgan fingerprint density at radius 1 is 1.16 bits per heavy atom. The predicted molar refractivity (Wildman–Crippen MR) is 79.1 cm³/mol. The Labute approximate surface area is 141 Å². The van der Waals surface area contributed by atoms with E-state index in [0.717, 1.165) is 0 Å². The van der Waals surface area contributed by atoms with Gasteiger partial charge in [0, 0.05) is 0 Å². The van der Waals surface area contributed by atoms with Gasteiger partial charge in [-0.05, 0) is 31.2 Å². The number of aliphatic hydroxyl groups is 1. The van der Waals surface area contributed by atoms with E-state index in [4.69, 9.17) is 19.3 Å². The normalized spacial score (nSPS) is 12.2. The summed E-state index contributed by atoms with van der Waals surface area (Å²) in [5.41, 5.74) is 0. The molecule has 1 atom stereocenters. The third-order valence-corrected chi connectivity index (χ3v) is 2.74. The second-order valence-corrected chi connectivity index (χ2v) is 4.70. The first-order chi connectivity index (χ1) is 11.8. The van der Waals surface area contributed by atoms with Crippen LogP contribution in [0.4, 0.5) is 13.2 Å². The molecule has 0 aliphatic carbocycles. The molecule has 10 heteroatoms. The minimum Gasteiger partial charge on any atom is -0.494 e. The van der Waals surface area contributed by atoms with Gasteiger partial charge in [0.15, 0.2) is 6.61 Å². The fourth-order valence-corrected chi connectivity index (χ4v) is 1.61. The second kappa shape index (κ2) is 9.72. The highest BCUT2D eigenvalue weighted by Crippen LogP contribution is 2.17. The molecule has 2 N–H and O–H groups in total. The van der Waals surface area contributed by atoms with E-state index in [1.54, 1.807) is 24.3 Å². The number of benzene rings is 1. The number of amides is 1. The maximum absolute atomic E-state index is 12.0. The molecule has 0 aliphatic rings. The Kier molecular flexibility index (Phi) is 7.99. The third kappa shape index (κ3) is 7.75. The van der Waals surface area contributed by atoms with Crippen LogP contribution in [0.5, 0.6) is 11.5 Å². The summed E-state index contributed by atoms with van der Waals surface area (Å²) in [5, 5.41) is 10.5. The predicted octanol–water partition coefficient (Wildman–Crippen LogP) is 1.05. The molecule has 1 unspecified atom stereocenters. The number of halogens is 3. The Morgan fingerprint density at radius 3 is 2.20 bits per heavy atom. The van der Waals surface area contributed by atoms with Crippen LogP contribution in [0.15, 0.2) is 24.3 Å². The molecule has 0 aromatic heterocycles. The fourth-order valence-electron chi connectivity index (χ4n) is 1.61. The summed E-state index contributed by atoms with van der Waals surface area (Å²) in [6, 6.07) is 6.39. The molecule has 0 saturated heterocycles. The average Bonchev–Trinajstić information content (AvgIpc) is 2.57. The number of esters is 1. The highest BCUT2D eigenvalue weighted by atomic mass is 19.4. The highest BCUT2D eigenvalue weighted by Gasteiger charge is 2.38. The molecular weight excluding hydrogens is 347 g/mol. The first-order valence-corrected chi connectivity index (χ1v) is 7.27. The molecule has 0 saturated carbocycles. The SMILES string of the molecule is CCOc1ccc(OCC(=O)OC(CO)CNC(=O)C(F)(F)F)cc1. The number of ether oxygens (including phenoxy) is 3. The maximum Gasteiger partial charge on any atom is 0.471 e. The van der Waals surface area contributed by atoms with Gasteiger partial charge >= 0.3 is 18.1 Å². The number of hydrogen-bond acceptors (Lipinski definition) is 6. The van der Waals surface area contributed by atoms with Crippen molar-refractivity contribution < 1.29 is 42.1 Å². The summed E-state index contributed by atoms with van der Waals surface area (Å²) in [6.07, 6.45) is -6.37. The molecule has 140 valence electrons. The van der Waals surface area contributed by atoms with Gasteiger partial charge in [-0.1, -0.05) is 0 Å². The molecule has 1 aromatic carbocycles. The molecule has 0 aliphatic heterocycles. The first-order valence-electron chi connectivity index (χ1n) is 7.27. The Balaban J connectivity index is 2.39. The van der Waals surface area contributed by atoms with E-state index in [1.165, 1.54) is 5.32 Å². The average molecular weight is 365 g/mol. The Morgan fingerprint density at radius 2 is 1.72 bits per heavy atom. The molecule has 7 nitrogen and oxygen atoms in total. The van der Waals surface area contributed by atoms with Crippen molar-refractivity contribution in [1.29, 1.82) is 0 Å². The lowest BCUT2D eigenvalue weighted by atomic mass is 10.3. The zero-order valence-corrected chi connectivity index (χ0v) is 13.3. The summed E-state index contributed by atoms with van der Waals surface area (Å²) in [4.78, 5) is 22.2. The van der Waals surface area contributed by atoms with Crippen LogP contribution in [-0.4, -0.2) is 55.6 Å². The lowest BCUT2D eigenvalue weighted by molar-refractivity contribution is -0.174. The topological polar surface area (TPSA) is 94.1 Å². The van der Waals surface area contributed by atoms with Crippen LogP contribution in [0.3, 0.4) is 0 Å². The minimum atomic E-state index is -5.05. The number of alkyl halides is 3. The lowest BCUT2D eigenvalue weighted by Gasteiger charge is -2.17. The summed E-state index contributed by atoms with van der Waals surface area (Å²) in [7, 11) is 0. The smallest absolute Gasteiger partial charge is 0.471 e. The standard InChI is InChI=1S/C15H18F3NO6/c1-2-23-10-3-5-11(6-4-10)24-9-13(21)25-12(8-20)7-19-14(22)15(16,17)18/h3-6,12,20H,2,7-9H2,1H3,(H,19,22). The molecule has 0 bridgehead atoms. The van der Waals surface area contributed by atoms with Crippen molar-refractivity contribution >= 4 is 11.9 Å².